The van der Waals surface area contributed by atoms with E-state index in [1.54, 1.807) is 36.4 Å². The van der Waals surface area contributed by atoms with Crippen LogP contribution in [-0.2, 0) is 15.4 Å². The van der Waals surface area contributed by atoms with E-state index in [0.29, 0.717) is 5.69 Å². The molecular formula is C16H18BrNO2S. The molecule has 0 aliphatic heterocycles. The highest BCUT2D eigenvalue weighted by Crippen LogP contribution is 2.24. The summed E-state index contributed by atoms with van der Waals surface area (Å²) in [6.45, 7) is 6.28. The van der Waals surface area contributed by atoms with Crippen LogP contribution in [0.3, 0.4) is 0 Å². The normalized spacial score (nSPS) is 12.2. The first-order valence-corrected chi connectivity index (χ1v) is 8.85. The van der Waals surface area contributed by atoms with Gasteiger partial charge in [0.1, 0.15) is 0 Å². The third kappa shape index (κ3) is 4.08. The largest absolute Gasteiger partial charge is 0.280 e. The van der Waals surface area contributed by atoms with Crippen molar-refractivity contribution in [1.29, 1.82) is 0 Å². The molecule has 2 aromatic rings. The van der Waals surface area contributed by atoms with Gasteiger partial charge in [0.05, 0.1) is 4.90 Å². The van der Waals surface area contributed by atoms with E-state index >= 15 is 0 Å². The van der Waals surface area contributed by atoms with Crippen LogP contribution in [0.15, 0.2) is 57.9 Å². The van der Waals surface area contributed by atoms with Crippen LogP contribution in [0.25, 0.3) is 0 Å². The molecule has 2 aromatic carbocycles. The summed E-state index contributed by atoms with van der Waals surface area (Å²) in [5, 5.41) is 0. The minimum atomic E-state index is -3.55. The fourth-order valence-corrected chi connectivity index (χ4v) is 3.19. The summed E-state index contributed by atoms with van der Waals surface area (Å²) in [5.41, 5.74) is 1.64. The maximum Gasteiger partial charge on any atom is 0.261 e. The van der Waals surface area contributed by atoms with Crippen LogP contribution in [0, 0.1) is 0 Å². The number of nitrogens with one attached hydrogen (secondary N) is 1. The first kappa shape index (κ1) is 16.0. The predicted octanol–water partition coefficient (Wildman–Crippen LogP) is 4.55. The lowest BCUT2D eigenvalue weighted by Crippen LogP contribution is -2.14. The van der Waals surface area contributed by atoms with Crippen LogP contribution < -0.4 is 4.72 Å². The Bertz CT molecular complexity index is 714. The van der Waals surface area contributed by atoms with Crippen LogP contribution in [0.5, 0.6) is 0 Å². The Kier molecular flexibility index (Phi) is 4.44. The molecule has 0 aliphatic rings. The highest BCUT2D eigenvalue weighted by atomic mass is 79.9. The third-order valence-electron chi connectivity index (χ3n) is 3.13. The number of hydrogen-bond donors (Lipinski definition) is 1. The molecular weight excluding hydrogens is 350 g/mol. The van der Waals surface area contributed by atoms with E-state index in [1.165, 1.54) is 0 Å². The van der Waals surface area contributed by atoms with Gasteiger partial charge in [0.25, 0.3) is 10.0 Å². The SMILES string of the molecule is CC(C)(C)c1ccc(S(=O)(=O)Nc2ccc(Br)cc2)cc1. The molecule has 21 heavy (non-hydrogen) atoms. The third-order valence-corrected chi connectivity index (χ3v) is 5.05. The molecule has 0 bridgehead atoms. The van der Waals surface area contributed by atoms with E-state index in [4.69, 9.17) is 0 Å². The predicted molar refractivity (Wildman–Crippen MR) is 90.1 cm³/mol. The van der Waals surface area contributed by atoms with Gasteiger partial charge >= 0.3 is 0 Å². The van der Waals surface area contributed by atoms with Gasteiger partial charge in [-0.25, -0.2) is 8.42 Å². The lowest BCUT2D eigenvalue weighted by atomic mass is 9.87. The van der Waals surface area contributed by atoms with E-state index in [1.807, 2.05) is 12.1 Å². The maximum atomic E-state index is 12.3. The Hall–Kier alpha value is -1.33. The lowest BCUT2D eigenvalue weighted by Gasteiger charge is -2.19. The van der Waals surface area contributed by atoms with Gasteiger partial charge in [-0.2, -0.15) is 0 Å². The van der Waals surface area contributed by atoms with E-state index in [9.17, 15) is 8.42 Å². The van der Waals surface area contributed by atoms with Crippen molar-refractivity contribution < 1.29 is 8.42 Å². The summed E-state index contributed by atoms with van der Waals surface area (Å²) in [4.78, 5) is 0.262. The first-order valence-electron chi connectivity index (χ1n) is 6.57. The van der Waals surface area contributed by atoms with Crippen molar-refractivity contribution in [3.05, 3.63) is 58.6 Å². The van der Waals surface area contributed by atoms with Crippen LogP contribution in [-0.4, -0.2) is 8.42 Å². The van der Waals surface area contributed by atoms with E-state index < -0.39 is 10.0 Å². The Balaban J connectivity index is 2.25. The average Bonchev–Trinajstić information content (AvgIpc) is 2.40. The molecule has 0 spiro atoms. The van der Waals surface area contributed by atoms with Crippen molar-refractivity contribution in [3.8, 4) is 0 Å². The summed E-state index contributed by atoms with van der Waals surface area (Å²) in [6, 6.07) is 14.0. The maximum absolute atomic E-state index is 12.3. The molecule has 0 saturated carbocycles. The van der Waals surface area contributed by atoms with Crippen molar-refractivity contribution in [3.63, 3.8) is 0 Å². The summed E-state index contributed by atoms with van der Waals surface area (Å²) in [5.74, 6) is 0. The fraction of sp³-hybridized carbons (Fsp3) is 0.250. The van der Waals surface area contributed by atoms with Gasteiger partial charge in [0.2, 0.25) is 0 Å². The number of rotatable bonds is 3. The molecule has 0 saturated heterocycles. The molecule has 0 radical (unpaired) electrons. The number of sulfonamides is 1. The highest BCUT2D eigenvalue weighted by Gasteiger charge is 2.17. The standard InChI is InChI=1S/C16H18BrNO2S/c1-16(2,3)12-4-10-15(11-5-12)21(19,20)18-14-8-6-13(17)7-9-14/h4-11,18H,1-3H3. The van der Waals surface area contributed by atoms with Crippen molar-refractivity contribution >= 4 is 31.6 Å². The Morgan fingerprint density at radius 1 is 0.905 bits per heavy atom. The number of halogens is 1. The monoisotopic (exact) mass is 367 g/mol. The van der Waals surface area contributed by atoms with Crippen LogP contribution in [0.4, 0.5) is 5.69 Å². The molecule has 0 aliphatic carbocycles. The van der Waals surface area contributed by atoms with Gasteiger partial charge in [-0.3, -0.25) is 4.72 Å². The Morgan fingerprint density at radius 3 is 1.90 bits per heavy atom. The molecule has 5 heteroatoms. The van der Waals surface area contributed by atoms with Crippen LogP contribution in [0.2, 0.25) is 0 Å². The van der Waals surface area contributed by atoms with Crippen LogP contribution >= 0.6 is 15.9 Å². The number of hydrogen-bond acceptors (Lipinski definition) is 2. The Labute approximate surface area is 134 Å². The molecule has 3 nitrogen and oxygen atoms in total. The van der Waals surface area contributed by atoms with Gasteiger partial charge in [-0.15, -0.1) is 0 Å². The average molecular weight is 368 g/mol. The van der Waals surface area contributed by atoms with Crippen molar-refractivity contribution in [2.45, 2.75) is 31.1 Å². The number of anilines is 1. The molecule has 2 rings (SSSR count). The second-order valence-electron chi connectivity index (χ2n) is 5.89. The van der Waals surface area contributed by atoms with Crippen molar-refractivity contribution in [2.24, 2.45) is 0 Å². The van der Waals surface area contributed by atoms with Crippen LogP contribution in [0.1, 0.15) is 26.3 Å². The number of benzene rings is 2. The highest BCUT2D eigenvalue weighted by molar-refractivity contribution is 9.10. The fourth-order valence-electron chi connectivity index (χ4n) is 1.87. The van der Waals surface area contributed by atoms with E-state index in [0.717, 1.165) is 10.0 Å². The molecule has 0 aromatic heterocycles. The van der Waals surface area contributed by atoms with Gasteiger partial charge in [0.15, 0.2) is 0 Å². The topological polar surface area (TPSA) is 46.2 Å². The second-order valence-corrected chi connectivity index (χ2v) is 8.48. The smallest absolute Gasteiger partial charge is 0.261 e. The summed E-state index contributed by atoms with van der Waals surface area (Å²) in [7, 11) is -3.55. The van der Waals surface area contributed by atoms with Gasteiger partial charge < -0.3 is 0 Å². The molecule has 1 N–H and O–H groups in total. The summed E-state index contributed by atoms with van der Waals surface area (Å²) in [6.07, 6.45) is 0. The molecule has 0 atom stereocenters. The Morgan fingerprint density at radius 2 is 1.43 bits per heavy atom. The lowest BCUT2D eigenvalue weighted by molar-refractivity contribution is 0.587. The minimum absolute atomic E-state index is 0.00142. The zero-order valence-electron chi connectivity index (χ0n) is 12.2. The zero-order valence-corrected chi connectivity index (χ0v) is 14.6. The molecule has 0 amide bonds. The van der Waals surface area contributed by atoms with E-state index in [-0.39, 0.29) is 10.3 Å². The van der Waals surface area contributed by atoms with E-state index in [2.05, 4.69) is 41.4 Å². The van der Waals surface area contributed by atoms with Gasteiger partial charge in [-0.05, 0) is 47.4 Å². The summed E-state index contributed by atoms with van der Waals surface area (Å²) >= 11 is 3.32. The molecule has 0 fully saturated rings. The molecule has 0 unspecified atom stereocenters. The quantitative estimate of drug-likeness (QED) is 0.864. The molecule has 0 heterocycles. The van der Waals surface area contributed by atoms with Gasteiger partial charge in [0, 0.05) is 10.2 Å². The van der Waals surface area contributed by atoms with Crippen molar-refractivity contribution in [2.75, 3.05) is 4.72 Å². The van der Waals surface area contributed by atoms with Crippen molar-refractivity contribution in [1.82, 2.24) is 0 Å². The summed E-state index contributed by atoms with van der Waals surface area (Å²) < 4.78 is 28.1. The zero-order chi connectivity index (χ0) is 15.7. The second kappa shape index (κ2) is 5.81. The molecule has 112 valence electrons. The first-order chi connectivity index (χ1) is 9.68. The minimum Gasteiger partial charge on any atom is -0.280 e. The van der Waals surface area contributed by atoms with Gasteiger partial charge in [-0.1, -0.05) is 48.8 Å².